The first-order valence-electron chi connectivity index (χ1n) is 2.88. The first-order chi connectivity index (χ1) is 3.56. The lowest BCUT2D eigenvalue weighted by Crippen LogP contribution is -2.14. The van der Waals surface area contributed by atoms with E-state index in [-0.39, 0.29) is 0 Å². The molecule has 0 aliphatic carbocycles. The van der Waals surface area contributed by atoms with Gasteiger partial charge in [0.1, 0.15) is 5.60 Å². The molecule has 1 radical (unpaired) electrons. The first kappa shape index (κ1) is 7.70. The van der Waals surface area contributed by atoms with Crippen LogP contribution in [0.5, 0.6) is 0 Å². The summed E-state index contributed by atoms with van der Waals surface area (Å²) >= 11 is 0. The van der Waals surface area contributed by atoms with Crippen molar-refractivity contribution in [3.63, 3.8) is 0 Å². The van der Waals surface area contributed by atoms with Gasteiger partial charge in [0.2, 0.25) is 0 Å². The Morgan fingerprint density at radius 1 is 1.50 bits per heavy atom. The molecule has 47 valence electrons. The third-order valence-electron chi connectivity index (χ3n) is 0.845. The quantitative estimate of drug-likeness (QED) is 0.489. The summed E-state index contributed by atoms with van der Waals surface area (Å²) < 4.78 is 0. The van der Waals surface area contributed by atoms with Crippen molar-refractivity contribution in [2.75, 3.05) is 0 Å². The van der Waals surface area contributed by atoms with Gasteiger partial charge >= 0.3 is 0 Å². The molecule has 0 bridgehead atoms. The molecule has 1 nitrogen and oxygen atoms in total. The average Bonchev–Trinajstić information content (AvgIpc) is 1.59. The van der Waals surface area contributed by atoms with Crippen molar-refractivity contribution in [1.82, 2.24) is 0 Å². The molecule has 0 aliphatic heterocycles. The molecule has 0 aromatic rings. The maximum absolute atomic E-state index is 10.8. The summed E-state index contributed by atoms with van der Waals surface area (Å²) in [6.45, 7) is 5.30. The van der Waals surface area contributed by atoms with E-state index < -0.39 is 5.60 Å². The fourth-order valence-corrected chi connectivity index (χ4v) is 0.402. The molecule has 0 saturated carbocycles. The van der Waals surface area contributed by atoms with Crippen molar-refractivity contribution in [2.24, 2.45) is 0 Å². The molecule has 0 saturated heterocycles. The highest BCUT2D eigenvalue weighted by Crippen LogP contribution is 2.07. The second kappa shape index (κ2) is 2.88. The molecule has 0 heterocycles. The van der Waals surface area contributed by atoms with Gasteiger partial charge in [0.05, 0.1) is 0 Å². The van der Waals surface area contributed by atoms with E-state index >= 15 is 0 Å². The molecule has 0 aromatic carbocycles. The molecule has 0 aromatic heterocycles. The van der Waals surface area contributed by atoms with Crippen molar-refractivity contribution in [3.05, 3.63) is 12.2 Å². The minimum Gasteiger partial charge on any atom is -0.230 e. The molecule has 0 rings (SSSR count). The highest BCUT2D eigenvalue weighted by Gasteiger charge is 2.10. The molecule has 0 unspecified atom stereocenters. The smallest absolute Gasteiger partial charge is 0.101 e. The Balaban J connectivity index is 3.39. The van der Waals surface area contributed by atoms with Crippen LogP contribution in [0.4, 0.5) is 0 Å². The summed E-state index contributed by atoms with van der Waals surface area (Å²) in [6, 6.07) is 0. The van der Waals surface area contributed by atoms with Crippen molar-refractivity contribution >= 4 is 0 Å². The van der Waals surface area contributed by atoms with Crippen molar-refractivity contribution in [2.45, 2.75) is 32.8 Å². The molecule has 0 atom stereocenters. The summed E-state index contributed by atoms with van der Waals surface area (Å²) in [7, 11) is 0. The largest absolute Gasteiger partial charge is 0.230 e. The van der Waals surface area contributed by atoms with Crippen LogP contribution in [0.2, 0.25) is 0 Å². The monoisotopic (exact) mass is 113 g/mol. The van der Waals surface area contributed by atoms with Gasteiger partial charge in [0, 0.05) is 0 Å². The van der Waals surface area contributed by atoms with Gasteiger partial charge in [-0.15, -0.1) is 0 Å². The van der Waals surface area contributed by atoms with Gasteiger partial charge in [0.15, 0.2) is 0 Å². The summed E-state index contributed by atoms with van der Waals surface area (Å²) in [5, 5.41) is 10.8. The Hall–Kier alpha value is -0.300. The zero-order valence-electron chi connectivity index (χ0n) is 5.77. The SMILES string of the molecule is C/C=C/CC(C)(C)[O]. The van der Waals surface area contributed by atoms with Crippen LogP contribution in [0.1, 0.15) is 27.2 Å². The van der Waals surface area contributed by atoms with Crippen LogP contribution in [-0.4, -0.2) is 5.60 Å². The second-order valence-electron chi connectivity index (χ2n) is 2.53. The number of hydrogen-bond acceptors (Lipinski definition) is 0. The minimum atomic E-state index is -0.785. The average molecular weight is 113 g/mol. The van der Waals surface area contributed by atoms with Crippen molar-refractivity contribution in [1.29, 1.82) is 0 Å². The van der Waals surface area contributed by atoms with Crippen LogP contribution in [-0.2, 0) is 5.11 Å². The van der Waals surface area contributed by atoms with Crippen molar-refractivity contribution < 1.29 is 5.11 Å². The van der Waals surface area contributed by atoms with Gasteiger partial charge in [0.25, 0.3) is 0 Å². The molecule has 8 heavy (non-hydrogen) atoms. The Morgan fingerprint density at radius 3 is 2.12 bits per heavy atom. The Labute approximate surface area is 51.0 Å². The summed E-state index contributed by atoms with van der Waals surface area (Å²) in [6.07, 6.45) is 4.43. The molecule has 0 aliphatic rings. The van der Waals surface area contributed by atoms with Gasteiger partial charge in [-0.25, -0.2) is 5.11 Å². The molecule has 1 heteroatoms. The zero-order chi connectivity index (χ0) is 6.62. The van der Waals surface area contributed by atoms with Gasteiger partial charge in [-0.3, -0.25) is 0 Å². The van der Waals surface area contributed by atoms with E-state index in [4.69, 9.17) is 0 Å². The van der Waals surface area contributed by atoms with Crippen molar-refractivity contribution in [3.8, 4) is 0 Å². The number of hydrogen-bond donors (Lipinski definition) is 0. The van der Waals surface area contributed by atoms with E-state index in [1.165, 1.54) is 0 Å². The van der Waals surface area contributed by atoms with Gasteiger partial charge < -0.3 is 0 Å². The van der Waals surface area contributed by atoms with Crippen LogP contribution in [0.15, 0.2) is 12.2 Å². The number of rotatable bonds is 2. The highest BCUT2D eigenvalue weighted by molar-refractivity contribution is 4.83. The minimum absolute atomic E-state index is 0.628. The fourth-order valence-electron chi connectivity index (χ4n) is 0.402. The van der Waals surface area contributed by atoms with E-state index in [0.717, 1.165) is 0 Å². The van der Waals surface area contributed by atoms with E-state index in [0.29, 0.717) is 6.42 Å². The summed E-state index contributed by atoms with van der Waals surface area (Å²) in [5.74, 6) is 0. The van der Waals surface area contributed by atoms with E-state index in [2.05, 4.69) is 0 Å². The Kier molecular flexibility index (Phi) is 2.77. The predicted octanol–water partition coefficient (Wildman–Crippen LogP) is 2.16. The zero-order valence-corrected chi connectivity index (χ0v) is 5.77. The standard InChI is InChI=1S/C7H13O/c1-4-5-6-7(2,3)8/h4-5H,6H2,1-3H3/b5-4+. The number of allylic oxidation sites excluding steroid dienone is 1. The van der Waals surface area contributed by atoms with E-state index in [9.17, 15) is 5.11 Å². The van der Waals surface area contributed by atoms with Gasteiger partial charge in [-0.05, 0) is 27.2 Å². The maximum atomic E-state index is 10.8. The normalized spacial score (nSPS) is 13.0. The third-order valence-corrected chi connectivity index (χ3v) is 0.845. The third kappa shape index (κ3) is 5.70. The maximum Gasteiger partial charge on any atom is 0.101 e. The van der Waals surface area contributed by atoms with Crippen LogP contribution < -0.4 is 0 Å². The lowest BCUT2D eigenvalue weighted by molar-refractivity contribution is 0.00709. The summed E-state index contributed by atoms with van der Waals surface area (Å²) in [4.78, 5) is 0. The van der Waals surface area contributed by atoms with Gasteiger partial charge in [-0.2, -0.15) is 0 Å². The van der Waals surface area contributed by atoms with Crippen LogP contribution >= 0.6 is 0 Å². The van der Waals surface area contributed by atoms with Gasteiger partial charge in [-0.1, -0.05) is 12.2 Å². The molecular formula is C7H13O. The lowest BCUT2D eigenvalue weighted by atomic mass is 10.1. The lowest BCUT2D eigenvalue weighted by Gasteiger charge is -2.08. The Bertz CT molecular complexity index is 76.9. The first-order valence-corrected chi connectivity index (χ1v) is 2.88. The van der Waals surface area contributed by atoms with Crippen LogP contribution in [0.3, 0.4) is 0 Å². The molecular weight excluding hydrogens is 100 g/mol. The molecule has 0 N–H and O–H groups in total. The second-order valence-corrected chi connectivity index (χ2v) is 2.53. The predicted molar refractivity (Wildman–Crippen MR) is 34.2 cm³/mol. The molecule has 0 amide bonds. The van der Waals surface area contributed by atoms with Crippen LogP contribution in [0.25, 0.3) is 0 Å². The van der Waals surface area contributed by atoms with Crippen LogP contribution in [0, 0.1) is 0 Å². The molecule has 0 fully saturated rings. The Morgan fingerprint density at radius 2 is 2.00 bits per heavy atom. The highest BCUT2D eigenvalue weighted by atomic mass is 16.3. The van der Waals surface area contributed by atoms with E-state index in [1.807, 2.05) is 19.1 Å². The molecule has 0 spiro atoms. The van der Waals surface area contributed by atoms with E-state index in [1.54, 1.807) is 13.8 Å². The fraction of sp³-hybridized carbons (Fsp3) is 0.714. The summed E-state index contributed by atoms with van der Waals surface area (Å²) in [5.41, 5.74) is -0.785. The topological polar surface area (TPSA) is 19.9 Å².